The molecule has 1 aliphatic heterocycles. The molecule has 7 heteroatoms. The van der Waals surface area contributed by atoms with Gasteiger partial charge in [0.1, 0.15) is 0 Å². The van der Waals surface area contributed by atoms with Crippen LogP contribution in [0.25, 0.3) is 0 Å². The van der Waals surface area contributed by atoms with Crippen molar-refractivity contribution in [3.05, 3.63) is 35.4 Å². The van der Waals surface area contributed by atoms with E-state index in [0.29, 0.717) is 25.1 Å². The lowest BCUT2D eigenvalue weighted by atomic mass is 10.0. The predicted octanol–water partition coefficient (Wildman–Crippen LogP) is 0.917. The Hall–Kier alpha value is -1.44. The Morgan fingerprint density at radius 1 is 1.38 bits per heavy atom. The van der Waals surface area contributed by atoms with Crippen molar-refractivity contribution in [1.29, 1.82) is 0 Å². The lowest BCUT2D eigenvalue weighted by Crippen LogP contribution is -2.31. The summed E-state index contributed by atoms with van der Waals surface area (Å²) in [6, 6.07) is 5.83. The van der Waals surface area contributed by atoms with E-state index < -0.39 is 22.1 Å². The van der Waals surface area contributed by atoms with E-state index in [-0.39, 0.29) is 17.2 Å². The van der Waals surface area contributed by atoms with Gasteiger partial charge < -0.3 is 10.2 Å². The van der Waals surface area contributed by atoms with Gasteiger partial charge in [0.15, 0.2) is 0 Å². The molecule has 1 aliphatic rings. The van der Waals surface area contributed by atoms with Gasteiger partial charge in [0.05, 0.1) is 17.4 Å². The second-order valence-corrected chi connectivity index (χ2v) is 7.37. The Labute approximate surface area is 124 Å². The van der Waals surface area contributed by atoms with Crippen LogP contribution in [-0.2, 0) is 15.8 Å². The van der Waals surface area contributed by atoms with Gasteiger partial charge in [0.2, 0.25) is 10.0 Å². The Kier molecular flexibility index (Phi) is 4.65. The van der Waals surface area contributed by atoms with Crippen LogP contribution in [0.15, 0.2) is 24.3 Å². The number of aliphatic hydroxyl groups excluding tert-OH is 1. The summed E-state index contributed by atoms with van der Waals surface area (Å²) in [5.74, 6) is -1.21. The van der Waals surface area contributed by atoms with Crippen LogP contribution in [0.2, 0.25) is 0 Å². The molecule has 0 saturated carbocycles. The van der Waals surface area contributed by atoms with Crippen molar-refractivity contribution in [2.75, 3.05) is 13.1 Å². The molecule has 0 spiro atoms. The molecule has 6 nitrogen and oxygen atoms in total. The summed E-state index contributed by atoms with van der Waals surface area (Å²) < 4.78 is 26.0. The van der Waals surface area contributed by atoms with Crippen molar-refractivity contribution in [3.63, 3.8) is 0 Å². The first-order chi connectivity index (χ1) is 9.79. The maximum absolute atomic E-state index is 12.3. The number of hydrogen-bond acceptors (Lipinski definition) is 4. The molecule has 1 fully saturated rings. The zero-order chi connectivity index (χ0) is 15.6. The summed E-state index contributed by atoms with van der Waals surface area (Å²) in [5, 5.41) is 18.3. The van der Waals surface area contributed by atoms with Gasteiger partial charge >= 0.3 is 5.97 Å². The van der Waals surface area contributed by atoms with Crippen molar-refractivity contribution in [2.45, 2.75) is 25.2 Å². The number of nitrogens with zero attached hydrogens (tertiary/aromatic N) is 1. The van der Waals surface area contributed by atoms with E-state index in [1.807, 2.05) is 0 Å². The van der Waals surface area contributed by atoms with Crippen LogP contribution in [0.5, 0.6) is 0 Å². The average Bonchev–Trinajstić information content (AvgIpc) is 2.89. The third-order valence-electron chi connectivity index (χ3n) is 3.81. The number of carboxylic acid groups (broad SMARTS) is 1. The molecule has 1 aromatic rings. The summed E-state index contributed by atoms with van der Waals surface area (Å²) >= 11 is 0. The third kappa shape index (κ3) is 3.81. The number of benzene rings is 1. The molecule has 0 bridgehead atoms. The number of rotatable bonds is 5. The monoisotopic (exact) mass is 313 g/mol. The summed E-state index contributed by atoms with van der Waals surface area (Å²) in [6.07, 6.45) is 0.148. The van der Waals surface area contributed by atoms with Crippen molar-refractivity contribution >= 4 is 16.0 Å². The maximum Gasteiger partial charge on any atom is 0.335 e. The fraction of sp³-hybridized carbons (Fsp3) is 0.500. The summed E-state index contributed by atoms with van der Waals surface area (Å²) in [4.78, 5) is 10.8. The molecular formula is C14H19NO5S. The quantitative estimate of drug-likeness (QED) is 0.843. The first kappa shape index (κ1) is 15.9. The van der Waals surface area contributed by atoms with E-state index in [2.05, 4.69) is 0 Å². The van der Waals surface area contributed by atoms with Crippen molar-refractivity contribution < 1.29 is 23.4 Å². The number of carboxylic acids is 1. The molecule has 0 amide bonds. The normalized spacial score (nSPS) is 21.3. The Morgan fingerprint density at radius 2 is 2.00 bits per heavy atom. The molecule has 116 valence electrons. The number of sulfonamides is 1. The molecule has 0 aliphatic carbocycles. The molecule has 2 N–H and O–H groups in total. The maximum atomic E-state index is 12.3. The minimum absolute atomic E-state index is 0.0193. The second kappa shape index (κ2) is 6.13. The van der Waals surface area contributed by atoms with Crippen LogP contribution in [0, 0.1) is 5.92 Å². The number of aromatic carboxylic acids is 1. The van der Waals surface area contributed by atoms with Gasteiger partial charge in [-0.1, -0.05) is 12.1 Å². The molecule has 21 heavy (non-hydrogen) atoms. The third-order valence-corrected chi connectivity index (χ3v) is 5.63. The molecule has 0 radical (unpaired) electrons. The smallest absolute Gasteiger partial charge is 0.335 e. The van der Waals surface area contributed by atoms with Gasteiger partial charge in [0.25, 0.3) is 0 Å². The van der Waals surface area contributed by atoms with E-state index >= 15 is 0 Å². The van der Waals surface area contributed by atoms with Gasteiger partial charge in [-0.25, -0.2) is 17.5 Å². The van der Waals surface area contributed by atoms with E-state index in [1.165, 1.54) is 28.6 Å². The molecule has 1 aromatic carbocycles. The van der Waals surface area contributed by atoms with Gasteiger partial charge in [-0.2, -0.15) is 0 Å². The highest BCUT2D eigenvalue weighted by Crippen LogP contribution is 2.24. The van der Waals surface area contributed by atoms with Gasteiger partial charge in [0, 0.05) is 13.1 Å². The number of aliphatic hydroxyl groups is 1. The highest BCUT2D eigenvalue weighted by molar-refractivity contribution is 7.88. The van der Waals surface area contributed by atoms with Crippen molar-refractivity contribution in [2.24, 2.45) is 5.92 Å². The summed E-state index contributed by atoms with van der Waals surface area (Å²) in [5.41, 5.74) is 0.687. The number of carbonyl (C=O) groups is 1. The number of hydrogen-bond donors (Lipinski definition) is 2. The fourth-order valence-corrected chi connectivity index (χ4v) is 4.04. The second-order valence-electron chi connectivity index (χ2n) is 5.41. The largest absolute Gasteiger partial charge is 0.478 e. The molecule has 2 rings (SSSR count). The fourth-order valence-electron chi connectivity index (χ4n) is 2.45. The Morgan fingerprint density at radius 3 is 2.48 bits per heavy atom. The van der Waals surface area contributed by atoms with E-state index in [4.69, 9.17) is 5.11 Å². The lowest BCUT2D eigenvalue weighted by molar-refractivity contribution is 0.0697. The Bertz CT molecular complexity index is 609. The zero-order valence-corrected chi connectivity index (χ0v) is 12.6. The predicted molar refractivity (Wildman–Crippen MR) is 77.4 cm³/mol. The van der Waals surface area contributed by atoms with Gasteiger partial charge in [-0.15, -0.1) is 0 Å². The van der Waals surface area contributed by atoms with Crippen LogP contribution >= 0.6 is 0 Å². The van der Waals surface area contributed by atoms with E-state index in [0.717, 1.165) is 0 Å². The standard InChI is InChI=1S/C14H19NO5S/c1-10(16)13-6-7-15(8-13)21(19,20)9-11-2-4-12(5-3-11)14(17)18/h2-5,10,13,16H,6-9H2,1H3,(H,17,18). The lowest BCUT2D eigenvalue weighted by Gasteiger charge is -2.17. The molecule has 2 atom stereocenters. The first-order valence-electron chi connectivity index (χ1n) is 6.78. The van der Waals surface area contributed by atoms with Crippen LogP contribution in [0.3, 0.4) is 0 Å². The van der Waals surface area contributed by atoms with Gasteiger partial charge in [-0.05, 0) is 37.0 Å². The average molecular weight is 313 g/mol. The minimum atomic E-state index is -3.44. The van der Waals surface area contributed by atoms with Crippen LogP contribution in [0.1, 0.15) is 29.3 Å². The summed E-state index contributed by atoms with van der Waals surface area (Å²) in [7, 11) is -3.44. The summed E-state index contributed by atoms with van der Waals surface area (Å²) in [6.45, 7) is 2.43. The Balaban J connectivity index is 2.06. The van der Waals surface area contributed by atoms with Crippen LogP contribution in [-0.4, -0.2) is 48.1 Å². The molecule has 2 unspecified atom stereocenters. The SMILES string of the molecule is CC(O)C1CCN(S(=O)(=O)Cc2ccc(C(=O)O)cc2)C1. The topological polar surface area (TPSA) is 94.9 Å². The zero-order valence-electron chi connectivity index (χ0n) is 11.8. The molecule has 0 aromatic heterocycles. The molecule has 1 saturated heterocycles. The van der Waals surface area contributed by atoms with Crippen molar-refractivity contribution in [3.8, 4) is 0 Å². The molecular weight excluding hydrogens is 294 g/mol. The van der Waals surface area contributed by atoms with E-state index in [9.17, 15) is 18.3 Å². The first-order valence-corrected chi connectivity index (χ1v) is 8.38. The van der Waals surface area contributed by atoms with Crippen LogP contribution < -0.4 is 0 Å². The highest BCUT2D eigenvalue weighted by atomic mass is 32.2. The van der Waals surface area contributed by atoms with Gasteiger partial charge in [-0.3, -0.25) is 0 Å². The molecule has 1 heterocycles. The van der Waals surface area contributed by atoms with E-state index in [1.54, 1.807) is 6.92 Å². The highest BCUT2D eigenvalue weighted by Gasteiger charge is 2.33. The van der Waals surface area contributed by atoms with Crippen molar-refractivity contribution in [1.82, 2.24) is 4.31 Å². The minimum Gasteiger partial charge on any atom is -0.478 e. The van der Waals surface area contributed by atoms with Crippen LogP contribution in [0.4, 0.5) is 0 Å².